The highest BCUT2D eigenvalue weighted by molar-refractivity contribution is 7.92. The fraction of sp³-hybridized carbons (Fsp3) is 0.381. The van der Waals surface area contributed by atoms with Gasteiger partial charge in [0.2, 0.25) is 15.9 Å². The predicted molar refractivity (Wildman–Crippen MR) is 112 cm³/mol. The topological polar surface area (TPSA) is 84.9 Å². The van der Waals surface area contributed by atoms with E-state index in [0.29, 0.717) is 24.7 Å². The van der Waals surface area contributed by atoms with Gasteiger partial charge in [-0.25, -0.2) is 12.8 Å². The Bertz CT molecular complexity index is 1010. The summed E-state index contributed by atoms with van der Waals surface area (Å²) < 4.78 is 50.3. The minimum absolute atomic E-state index is 0.230. The Labute approximate surface area is 175 Å². The number of rotatable bonds is 7. The summed E-state index contributed by atoms with van der Waals surface area (Å²) >= 11 is 0. The van der Waals surface area contributed by atoms with Gasteiger partial charge in [0.05, 0.1) is 18.0 Å². The number of halogens is 1. The molecule has 0 aliphatic carbocycles. The van der Waals surface area contributed by atoms with Crippen molar-refractivity contribution in [3.63, 3.8) is 0 Å². The summed E-state index contributed by atoms with van der Waals surface area (Å²) in [4.78, 5) is 13.0. The van der Waals surface area contributed by atoms with Gasteiger partial charge in [0.25, 0.3) is 0 Å². The molecule has 0 bridgehead atoms. The third-order valence-electron chi connectivity index (χ3n) is 4.84. The lowest BCUT2D eigenvalue weighted by atomic mass is 10.1. The molecule has 30 heavy (non-hydrogen) atoms. The van der Waals surface area contributed by atoms with Crippen molar-refractivity contribution in [3.8, 4) is 11.5 Å². The lowest BCUT2D eigenvalue weighted by Gasteiger charge is -2.31. The first-order valence-electron chi connectivity index (χ1n) is 9.65. The van der Waals surface area contributed by atoms with Gasteiger partial charge in [0.15, 0.2) is 11.5 Å². The van der Waals surface area contributed by atoms with E-state index in [4.69, 9.17) is 9.47 Å². The van der Waals surface area contributed by atoms with E-state index in [0.717, 1.165) is 28.3 Å². The number of hydrogen-bond donors (Lipinski definition) is 1. The van der Waals surface area contributed by atoms with Crippen molar-refractivity contribution < 1.29 is 27.1 Å². The van der Waals surface area contributed by atoms with Gasteiger partial charge in [-0.15, -0.1) is 0 Å². The summed E-state index contributed by atoms with van der Waals surface area (Å²) in [5.41, 5.74) is 1.03. The van der Waals surface area contributed by atoms with Gasteiger partial charge >= 0.3 is 0 Å². The maximum Gasteiger partial charge on any atom is 0.244 e. The third-order valence-corrected chi connectivity index (χ3v) is 6.02. The molecule has 0 radical (unpaired) electrons. The van der Waals surface area contributed by atoms with Crippen LogP contribution < -0.4 is 19.1 Å². The van der Waals surface area contributed by atoms with Crippen molar-refractivity contribution in [3.05, 3.63) is 53.8 Å². The Hall–Kier alpha value is -2.81. The highest BCUT2D eigenvalue weighted by Crippen LogP contribution is 2.32. The van der Waals surface area contributed by atoms with E-state index in [1.165, 1.54) is 12.1 Å². The largest absolute Gasteiger partial charge is 0.486 e. The molecule has 0 saturated heterocycles. The number of nitrogens with zero attached hydrogens (tertiary/aromatic N) is 1. The van der Waals surface area contributed by atoms with Crippen molar-refractivity contribution >= 4 is 21.6 Å². The molecule has 0 unspecified atom stereocenters. The van der Waals surface area contributed by atoms with Gasteiger partial charge in [-0.2, -0.15) is 0 Å². The summed E-state index contributed by atoms with van der Waals surface area (Å²) in [6.07, 6.45) is 1.26. The van der Waals surface area contributed by atoms with Crippen molar-refractivity contribution in [2.24, 2.45) is 0 Å². The highest BCUT2D eigenvalue weighted by Gasteiger charge is 2.32. The van der Waals surface area contributed by atoms with E-state index in [1.54, 1.807) is 26.0 Å². The number of carbonyl (C=O) groups excluding carboxylic acids is 1. The number of ether oxygens (including phenoxy) is 2. The molecule has 2 atom stereocenters. The molecule has 3 rings (SSSR count). The van der Waals surface area contributed by atoms with Crippen LogP contribution in [0.1, 0.15) is 31.9 Å². The van der Waals surface area contributed by atoms with Gasteiger partial charge in [-0.1, -0.05) is 13.0 Å². The molecule has 1 heterocycles. The number of benzene rings is 2. The van der Waals surface area contributed by atoms with Crippen LogP contribution in [0.4, 0.5) is 10.1 Å². The summed E-state index contributed by atoms with van der Waals surface area (Å²) in [5.74, 6) is 0.317. The molecule has 1 amide bonds. The Balaban J connectivity index is 1.82. The zero-order chi connectivity index (χ0) is 21.9. The predicted octanol–water partition coefficient (Wildman–Crippen LogP) is 3.02. The molecule has 2 aromatic carbocycles. The molecule has 1 aliphatic heterocycles. The second-order valence-electron chi connectivity index (χ2n) is 7.09. The second kappa shape index (κ2) is 8.91. The number of nitrogens with one attached hydrogen (secondary N) is 1. The smallest absolute Gasteiger partial charge is 0.244 e. The van der Waals surface area contributed by atoms with E-state index in [2.05, 4.69) is 5.32 Å². The van der Waals surface area contributed by atoms with Gasteiger partial charge in [-0.05, 0) is 55.3 Å². The first-order chi connectivity index (χ1) is 14.2. The van der Waals surface area contributed by atoms with Crippen molar-refractivity contribution in [2.75, 3.05) is 23.8 Å². The second-order valence-corrected chi connectivity index (χ2v) is 8.95. The third kappa shape index (κ3) is 4.84. The van der Waals surface area contributed by atoms with Crippen LogP contribution in [0, 0.1) is 5.82 Å². The Morgan fingerprint density at radius 2 is 1.77 bits per heavy atom. The number of hydrogen-bond acceptors (Lipinski definition) is 5. The molecular weight excluding hydrogens is 411 g/mol. The van der Waals surface area contributed by atoms with E-state index in [1.807, 2.05) is 6.07 Å². The Morgan fingerprint density at radius 1 is 1.13 bits per heavy atom. The number of amides is 1. The zero-order valence-corrected chi connectivity index (χ0v) is 17.9. The van der Waals surface area contributed by atoms with E-state index in [-0.39, 0.29) is 12.1 Å². The van der Waals surface area contributed by atoms with Crippen molar-refractivity contribution in [1.29, 1.82) is 0 Å². The minimum atomic E-state index is -3.79. The summed E-state index contributed by atoms with van der Waals surface area (Å²) in [5, 5.41) is 2.87. The molecule has 2 aromatic rings. The van der Waals surface area contributed by atoms with Crippen LogP contribution in [0.5, 0.6) is 11.5 Å². The maximum atomic E-state index is 13.3. The standard InChI is InChI=1S/C21H25FN2O5S/c1-4-18(24(30(3,26)27)17-8-6-16(22)7-9-17)21(25)23-14(2)15-5-10-19-20(13-15)29-12-11-28-19/h5-10,13-14,18H,4,11-12H2,1-3H3,(H,23,25)/t14-,18-/m1/s1. The molecule has 162 valence electrons. The van der Waals surface area contributed by atoms with E-state index >= 15 is 0 Å². The Kier molecular flexibility index (Phi) is 6.50. The molecule has 0 saturated carbocycles. The van der Waals surface area contributed by atoms with Gasteiger partial charge in [0.1, 0.15) is 25.1 Å². The number of fused-ring (bicyclic) bond motifs is 1. The maximum absolute atomic E-state index is 13.3. The molecule has 0 spiro atoms. The molecule has 9 heteroatoms. The normalized spacial score (nSPS) is 15.2. The summed E-state index contributed by atoms with van der Waals surface area (Å²) in [6, 6.07) is 9.05. The fourth-order valence-corrected chi connectivity index (χ4v) is 4.58. The highest BCUT2D eigenvalue weighted by atomic mass is 32.2. The Morgan fingerprint density at radius 3 is 2.37 bits per heavy atom. The van der Waals surface area contributed by atoms with Crippen LogP contribution in [-0.2, 0) is 14.8 Å². The van der Waals surface area contributed by atoms with E-state index in [9.17, 15) is 17.6 Å². The van der Waals surface area contributed by atoms with E-state index < -0.39 is 33.8 Å². The van der Waals surface area contributed by atoms with Crippen LogP contribution in [0.15, 0.2) is 42.5 Å². The van der Waals surface area contributed by atoms with Crippen LogP contribution >= 0.6 is 0 Å². The van der Waals surface area contributed by atoms with Crippen molar-refractivity contribution in [1.82, 2.24) is 5.32 Å². The molecule has 1 N–H and O–H groups in total. The SMILES string of the molecule is CC[C@H](C(=O)N[C@H](C)c1ccc2c(c1)OCCO2)N(c1ccc(F)cc1)S(C)(=O)=O. The van der Waals surface area contributed by atoms with Crippen molar-refractivity contribution in [2.45, 2.75) is 32.4 Å². The minimum Gasteiger partial charge on any atom is -0.486 e. The molecule has 0 aromatic heterocycles. The number of anilines is 1. The lowest BCUT2D eigenvalue weighted by molar-refractivity contribution is -0.122. The summed E-state index contributed by atoms with van der Waals surface area (Å²) in [6.45, 7) is 4.47. The average molecular weight is 437 g/mol. The molecule has 1 aliphatic rings. The first-order valence-corrected chi connectivity index (χ1v) is 11.5. The zero-order valence-electron chi connectivity index (χ0n) is 17.1. The van der Waals surface area contributed by atoms with Crippen LogP contribution in [0.2, 0.25) is 0 Å². The molecule has 0 fully saturated rings. The number of sulfonamides is 1. The lowest BCUT2D eigenvalue weighted by Crippen LogP contribution is -2.49. The summed E-state index contributed by atoms with van der Waals surface area (Å²) in [7, 11) is -3.79. The molecular formula is C21H25FN2O5S. The van der Waals surface area contributed by atoms with Crippen LogP contribution in [0.3, 0.4) is 0 Å². The van der Waals surface area contributed by atoms with Crippen LogP contribution in [-0.4, -0.2) is 39.8 Å². The van der Waals surface area contributed by atoms with Gasteiger partial charge in [-0.3, -0.25) is 9.10 Å². The molecule has 7 nitrogen and oxygen atoms in total. The fourth-order valence-electron chi connectivity index (χ4n) is 3.37. The first kappa shape index (κ1) is 21.9. The van der Waals surface area contributed by atoms with Gasteiger partial charge in [0, 0.05) is 0 Å². The number of carbonyl (C=O) groups is 1. The quantitative estimate of drug-likeness (QED) is 0.721. The van der Waals surface area contributed by atoms with Crippen LogP contribution in [0.25, 0.3) is 0 Å². The van der Waals surface area contributed by atoms with Gasteiger partial charge < -0.3 is 14.8 Å². The average Bonchev–Trinajstić information content (AvgIpc) is 2.71. The monoisotopic (exact) mass is 436 g/mol.